The number of aryl methyl sites for hydroxylation is 1. The molecule has 1 amide bonds. The van der Waals surface area contributed by atoms with E-state index >= 15 is 0 Å². The Hall–Kier alpha value is -2.47. The molecule has 1 saturated heterocycles. The third-order valence-electron chi connectivity index (χ3n) is 4.86. The van der Waals surface area contributed by atoms with Crippen molar-refractivity contribution in [3.63, 3.8) is 0 Å². The molecule has 134 valence electrons. The van der Waals surface area contributed by atoms with Gasteiger partial charge in [-0.15, -0.1) is 11.3 Å². The van der Waals surface area contributed by atoms with Gasteiger partial charge >= 0.3 is 0 Å². The van der Waals surface area contributed by atoms with Crippen LogP contribution in [0.1, 0.15) is 33.6 Å². The van der Waals surface area contributed by atoms with E-state index in [1.165, 1.54) is 29.7 Å². The van der Waals surface area contributed by atoms with Crippen molar-refractivity contribution in [3.05, 3.63) is 52.7 Å². The van der Waals surface area contributed by atoms with E-state index in [1.54, 1.807) is 6.33 Å². The number of carbonyl (C=O) groups is 1. The molecule has 3 heterocycles. The largest absolute Gasteiger partial charge is 0.356 e. The summed E-state index contributed by atoms with van der Waals surface area (Å²) in [7, 11) is 0. The monoisotopic (exact) mass is 366 g/mol. The summed E-state index contributed by atoms with van der Waals surface area (Å²) in [5, 5.41) is 4.08. The fourth-order valence-electron chi connectivity index (χ4n) is 3.48. The molecule has 0 bridgehead atoms. The number of fused-ring (bicyclic) bond motifs is 1. The maximum atomic E-state index is 12.7. The Morgan fingerprint density at radius 3 is 2.73 bits per heavy atom. The molecule has 1 fully saturated rings. The van der Waals surface area contributed by atoms with Crippen molar-refractivity contribution in [2.24, 2.45) is 0 Å². The highest BCUT2D eigenvalue weighted by atomic mass is 32.1. The van der Waals surface area contributed by atoms with Crippen LogP contribution in [0.25, 0.3) is 10.2 Å². The first-order valence-corrected chi connectivity index (χ1v) is 9.87. The smallest absolute Gasteiger partial charge is 0.261 e. The standard InChI is InChI=1S/C20H22N4OS/c1-14-16-18(24-11-5-6-12-24)22-13-23-20(16)26-17(14)19(25)21-10-9-15-7-3-2-4-8-15/h2-4,7-8,13H,5-6,9-12H2,1H3,(H,21,25). The number of benzene rings is 1. The fourth-order valence-corrected chi connectivity index (χ4v) is 4.54. The van der Waals surface area contributed by atoms with E-state index in [9.17, 15) is 4.79 Å². The van der Waals surface area contributed by atoms with Crippen molar-refractivity contribution in [1.82, 2.24) is 15.3 Å². The summed E-state index contributed by atoms with van der Waals surface area (Å²) in [6, 6.07) is 10.2. The zero-order valence-electron chi connectivity index (χ0n) is 14.9. The first-order chi connectivity index (χ1) is 12.7. The second-order valence-electron chi connectivity index (χ2n) is 6.62. The molecule has 3 aromatic rings. The summed E-state index contributed by atoms with van der Waals surface area (Å²) in [5.74, 6) is 0.957. The van der Waals surface area contributed by atoms with E-state index < -0.39 is 0 Å². The Labute approximate surface area is 157 Å². The van der Waals surface area contributed by atoms with Gasteiger partial charge in [0.05, 0.1) is 10.3 Å². The fraction of sp³-hybridized carbons (Fsp3) is 0.350. The highest BCUT2D eigenvalue weighted by Crippen LogP contribution is 2.35. The first-order valence-electron chi connectivity index (χ1n) is 9.05. The molecular weight excluding hydrogens is 344 g/mol. The van der Waals surface area contributed by atoms with Crippen molar-refractivity contribution >= 4 is 33.3 Å². The lowest BCUT2D eigenvalue weighted by Crippen LogP contribution is -2.25. The highest BCUT2D eigenvalue weighted by molar-refractivity contribution is 7.20. The molecule has 0 unspecified atom stereocenters. The number of hydrogen-bond acceptors (Lipinski definition) is 5. The number of hydrogen-bond donors (Lipinski definition) is 1. The second-order valence-corrected chi connectivity index (χ2v) is 7.62. The van der Waals surface area contributed by atoms with Crippen molar-refractivity contribution in [3.8, 4) is 0 Å². The highest BCUT2D eigenvalue weighted by Gasteiger charge is 2.23. The molecule has 0 radical (unpaired) electrons. The number of thiophene rings is 1. The Bertz CT molecular complexity index is 916. The van der Waals surface area contributed by atoms with Gasteiger partial charge in [-0.2, -0.15) is 0 Å². The van der Waals surface area contributed by atoms with E-state index in [4.69, 9.17) is 0 Å². The molecule has 1 aliphatic heterocycles. The molecule has 0 atom stereocenters. The lowest BCUT2D eigenvalue weighted by Gasteiger charge is -2.17. The quantitative estimate of drug-likeness (QED) is 0.750. The topological polar surface area (TPSA) is 58.1 Å². The van der Waals surface area contributed by atoms with Crippen molar-refractivity contribution < 1.29 is 4.79 Å². The summed E-state index contributed by atoms with van der Waals surface area (Å²) in [6.45, 7) is 4.69. The Morgan fingerprint density at radius 2 is 1.96 bits per heavy atom. The number of aromatic nitrogens is 2. The molecule has 0 aliphatic carbocycles. The van der Waals surface area contributed by atoms with Crippen LogP contribution in [0.3, 0.4) is 0 Å². The molecule has 2 aromatic heterocycles. The molecule has 5 nitrogen and oxygen atoms in total. The number of carbonyl (C=O) groups excluding carboxylic acids is 1. The van der Waals surface area contributed by atoms with Gasteiger partial charge in [0.15, 0.2) is 0 Å². The lowest BCUT2D eigenvalue weighted by molar-refractivity contribution is 0.0957. The van der Waals surface area contributed by atoms with E-state index in [0.717, 1.165) is 46.0 Å². The van der Waals surface area contributed by atoms with Crippen LogP contribution in [0.5, 0.6) is 0 Å². The zero-order valence-corrected chi connectivity index (χ0v) is 15.7. The Balaban J connectivity index is 1.53. The minimum absolute atomic E-state index is 0.0196. The van der Waals surface area contributed by atoms with Crippen LogP contribution < -0.4 is 10.2 Å². The number of nitrogens with zero attached hydrogens (tertiary/aromatic N) is 3. The zero-order chi connectivity index (χ0) is 17.9. The van der Waals surface area contributed by atoms with Crippen molar-refractivity contribution in [2.45, 2.75) is 26.2 Å². The summed E-state index contributed by atoms with van der Waals surface area (Å²) in [5.41, 5.74) is 2.22. The molecule has 1 aromatic carbocycles. The molecule has 26 heavy (non-hydrogen) atoms. The summed E-state index contributed by atoms with van der Waals surface area (Å²) >= 11 is 1.46. The van der Waals surface area contributed by atoms with Gasteiger partial charge in [0.2, 0.25) is 0 Å². The van der Waals surface area contributed by atoms with Crippen LogP contribution in [-0.2, 0) is 6.42 Å². The van der Waals surface area contributed by atoms with Gasteiger partial charge in [-0.3, -0.25) is 4.79 Å². The normalized spacial score (nSPS) is 14.1. The van der Waals surface area contributed by atoms with Gasteiger partial charge < -0.3 is 10.2 Å². The maximum absolute atomic E-state index is 12.7. The summed E-state index contributed by atoms with van der Waals surface area (Å²) < 4.78 is 0. The van der Waals surface area contributed by atoms with Crippen molar-refractivity contribution in [2.75, 3.05) is 24.5 Å². The predicted octanol–water partition coefficient (Wildman–Crippen LogP) is 3.57. The van der Waals surface area contributed by atoms with E-state index in [-0.39, 0.29) is 5.91 Å². The van der Waals surface area contributed by atoms with E-state index in [0.29, 0.717) is 6.54 Å². The van der Waals surface area contributed by atoms with E-state index in [1.807, 2.05) is 25.1 Å². The average molecular weight is 366 g/mol. The number of anilines is 1. The van der Waals surface area contributed by atoms with Gasteiger partial charge in [0.1, 0.15) is 17.0 Å². The Kier molecular flexibility index (Phi) is 4.84. The molecule has 6 heteroatoms. The van der Waals surface area contributed by atoms with Gasteiger partial charge in [-0.05, 0) is 37.3 Å². The number of rotatable bonds is 5. The maximum Gasteiger partial charge on any atom is 0.261 e. The molecule has 0 spiro atoms. The van der Waals surface area contributed by atoms with Gasteiger partial charge in [-0.1, -0.05) is 30.3 Å². The third-order valence-corrected chi connectivity index (χ3v) is 6.06. The minimum atomic E-state index is -0.0196. The van der Waals surface area contributed by atoms with Crippen LogP contribution >= 0.6 is 11.3 Å². The van der Waals surface area contributed by atoms with Gasteiger partial charge in [-0.25, -0.2) is 9.97 Å². The van der Waals surface area contributed by atoms with Crippen molar-refractivity contribution in [1.29, 1.82) is 0 Å². The molecule has 0 saturated carbocycles. The predicted molar refractivity (Wildman–Crippen MR) is 106 cm³/mol. The minimum Gasteiger partial charge on any atom is -0.356 e. The molecule has 1 aliphatic rings. The van der Waals surface area contributed by atoms with Crippen LogP contribution in [0, 0.1) is 6.92 Å². The lowest BCUT2D eigenvalue weighted by atomic mass is 10.1. The molecule has 1 N–H and O–H groups in total. The second kappa shape index (κ2) is 7.41. The summed E-state index contributed by atoms with van der Waals surface area (Å²) in [6.07, 6.45) is 4.83. The average Bonchev–Trinajstić information content (AvgIpc) is 3.31. The molecule has 4 rings (SSSR count). The number of nitrogens with one attached hydrogen (secondary N) is 1. The van der Waals surface area contributed by atoms with Crippen LogP contribution in [0.2, 0.25) is 0 Å². The molecular formula is C20H22N4OS. The van der Waals surface area contributed by atoms with Gasteiger partial charge in [0.25, 0.3) is 5.91 Å². The summed E-state index contributed by atoms with van der Waals surface area (Å²) in [4.78, 5) is 25.6. The Morgan fingerprint density at radius 1 is 1.19 bits per heavy atom. The van der Waals surface area contributed by atoms with Crippen LogP contribution in [0.4, 0.5) is 5.82 Å². The van der Waals surface area contributed by atoms with Crippen LogP contribution in [-0.4, -0.2) is 35.5 Å². The van der Waals surface area contributed by atoms with Gasteiger partial charge in [0, 0.05) is 19.6 Å². The third kappa shape index (κ3) is 3.29. The SMILES string of the molecule is Cc1c(C(=O)NCCc2ccccc2)sc2ncnc(N3CCCC3)c12. The first kappa shape index (κ1) is 17.0. The van der Waals surface area contributed by atoms with Crippen LogP contribution in [0.15, 0.2) is 36.7 Å². The van der Waals surface area contributed by atoms with E-state index in [2.05, 4.69) is 32.3 Å². The number of amides is 1.